The number of aliphatic hydroxyl groups excluding tert-OH is 1. The second-order valence-corrected chi connectivity index (χ2v) is 4.37. The highest BCUT2D eigenvalue weighted by molar-refractivity contribution is 5.49. The molecule has 1 unspecified atom stereocenters. The first-order chi connectivity index (χ1) is 8.66. The van der Waals surface area contributed by atoms with Crippen LogP contribution in [-0.4, -0.2) is 45.4 Å². The van der Waals surface area contributed by atoms with Crippen LogP contribution in [0.15, 0.2) is 18.3 Å². The summed E-state index contributed by atoms with van der Waals surface area (Å²) < 4.78 is 1.76. The Balaban J connectivity index is 1.87. The van der Waals surface area contributed by atoms with E-state index in [1.54, 1.807) is 11.4 Å². The van der Waals surface area contributed by atoms with Crippen LogP contribution in [0.3, 0.4) is 0 Å². The molecular weight excluding hydrogens is 230 g/mol. The SMILES string of the molecule is Cc1cccn2nc(NCCNCC(C)O)nc12. The van der Waals surface area contributed by atoms with Crippen molar-refractivity contribution in [3.63, 3.8) is 0 Å². The van der Waals surface area contributed by atoms with E-state index in [-0.39, 0.29) is 6.10 Å². The van der Waals surface area contributed by atoms with Crippen molar-refractivity contribution >= 4 is 11.6 Å². The molecule has 0 aliphatic carbocycles. The van der Waals surface area contributed by atoms with Crippen LogP contribution in [0.1, 0.15) is 12.5 Å². The number of anilines is 1. The minimum Gasteiger partial charge on any atom is -0.392 e. The standard InChI is InChI=1S/C12H19N5O/c1-9-4-3-7-17-11(9)15-12(16-17)14-6-5-13-8-10(2)18/h3-4,7,10,13,18H,5-6,8H2,1-2H3,(H,14,16). The Bertz CT molecular complexity index is 508. The van der Waals surface area contributed by atoms with E-state index in [4.69, 9.17) is 5.11 Å². The normalized spacial score (nSPS) is 12.8. The highest BCUT2D eigenvalue weighted by Gasteiger charge is 2.04. The van der Waals surface area contributed by atoms with Gasteiger partial charge in [-0.15, -0.1) is 5.10 Å². The summed E-state index contributed by atoms with van der Waals surface area (Å²) in [6.07, 6.45) is 1.56. The summed E-state index contributed by atoms with van der Waals surface area (Å²) in [6.45, 7) is 5.85. The van der Waals surface area contributed by atoms with Gasteiger partial charge >= 0.3 is 0 Å². The lowest BCUT2D eigenvalue weighted by Crippen LogP contribution is -2.29. The first-order valence-corrected chi connectivity index (χ1v) is 6.11. The Kier molecular flexibility index (Phi) is 4.11. The summed E-state index contributed by atoms with van der Waals surface area (Å²) in [7, 11) is 0. The summed E-state index contributed by atoms with van der Waals surface area (Å²) in [5.74, 6) is 0.628. The summed E-state index contributed by atoms with van der Waals surface area (Å²) in [4.78, 5) is 4.41. The molecule has 0 bridgehead atoms. The van der Waals surface area contributed by atoms with Gasteiger partial charge in [-0.3, -0.25) is 0 Å². The van der Waals surface area contributed by atoms with Gasteiger partial charge in [0, 0.05) is 25.8 Å². The van der Waals surface area contributed by atoms with E-state index in [9.17, 15) is 0 Å². The van der Waals surface area contributed by atoms with Gasteiger partial charge in [-0.25, -0.2) is 4.52 Å². The average Bonchev–Trinajstić information content (AvgIpc) is 2.72. The van der Waals surface area contributed by atoms with E-state index < -0.39 is 0 Å². The third-order valence-electron chi connectivity index (χ3n) is 2.58. The fourth-order valence-electron chi connectivity index (χ4n) is 1.69. The molecule has 0 aliphatic heterocycles. The van der Waals surface area contributed by atoms with Crippen molar-refractivity contribution in [3.05, 3.63) is 23.9 Å². The molecule has 0 aromatic carbocycles. The molecule has 3 N–H and O–H groups in total. The molecule has 2 rings (SSSR count). The van der Waals surface area contributed by atoms with Gasteiger partial charge in [0.05, 0.1) is 6.10 Å². The number of nitrogens with one attached hydrogen (secondary N) is 2. The predicted molar refractivity (Wildman–Crippen MR) is 70.8 cm³/mol. The van der Waals surface area contributed by atoms with Gasteiger partial charge in [-0.05, 0) is 25.5 Å². The Labute approximate surface area is 106 Å². The van der Waals surface area contributed by atoms with Gasteiger partial charge in [0.2, 0.25) is 5.95 Å². The van der Waals surface area contributed by atoms with Crippen LogP contribution in [0.4, 0.5) is 5.95 Å². The van der Waals surface area contributed by atoms with Gasteiger partial charge in [-0.1, -0.05) is 6.07 Å². The lowest BCUT2D eigenvalue weighted by molar-refractivity contribution is 0.192. The maximum atomic E-state index is 9.08. The van der Waals surface area contributed by atoms with E-state index in [0.29, 0.717) is 12.5 Å². The highest BCUT2D eigenvalue weighted by Crippen LogP contribution is 2.09. The summed E-state index contributed by atoms with van der Waals surface area (Å²) >= 11 is 0. The maximum absolute atomic E-state index is 9.08. The van der Waals surface area contributed by atoms with Crippen molar-refractivity contribution in [2.75, 3.05) is 25.0 Å². The molecule has 6 nitrogen and oxygen atoms in total. The smallest absolute Gasteiger partial charge is 0.243 e. The third-order valence-corrected chi connectivity index (χ3v) is 2.58. The second-order valence-electron chi connectivity index (χ2n) is 4.37. The molecule has 0 spiro atoms. The number of pyridine rings is 1. The quantitative estimate of drug-likeness (QED) is 0.647. The number of aryl methyl sites for hydroxylation is 1. The van der Waals surface area contributed by atoms with E-state index in [1.807, 2.05) is 25.3 Å². The van der Waals surface area contributed by atoms with Crippen LogP contribution in [0, 0.1) is 6.92 Å². The Morgan fingerprint density at radius 2 is 2.28 bits per heavy atom. The second kappa shape index (κ2) is 5.79. The Morgan fingerprint density at radius 3 is 3.00 bits per heavy atom. The molecule has 98 valence electrons. The number of hydrogen-bond acceptors (Lipinski definition) is 5. The maximum Gasteiger partial charge on any atom is 0.243 e. The fraction of sp³-hybridized carbons (Fsp3) is 0.500. The van der Waals surface area contributed by atoms with Crippen LogP contribution in [0.25, 0.3) is 5.65 Å². The Hall–Kier alpha value is -1.66. The van der Waals surface area contributed by atoms with Crippen molar-refractivity contribution < 1.29 is 5.11 Å². The highest BCUT2D eigenvalue weighted by atomic mass is 16.3. The van der Waals surface area contributed by atoms with Gasteiger partial charge in [-0.2, -0.15) is 4.98 Å². The zero-order chi connectivity index (χ0) is 13.0. The summed E-state index contributed by atoms with van der Waals surface area (Å²) in [6, 6.07) is 3.96. The molecule has 0 radical (unpaired) electrons. The van der Waals surface area contributed by atoms with Crippen molar-refractivity contribution in [3.8, 4) is 0 Å². The molecule has 0 saturated heterocycles. The minimum absolute atomic E-state index is 0.319. The molecule has 0 saturated carbocycles. The monoisotopic (exact) mass is 249 g/mol. The molecular formula is C12H19N5O. The van der Waals surface area contributed by atoms with Crippen molar-refractivity contribution in [2.24, 2.45) is 0 Å². The van der Waals surface area contributed by atoms with Gasteiger partial charge in [0.25, 0.3) is 0 Å². The van der Waals surface area contributed by atoms with Crippen molar-refractivity contribution in [2.45, 2.75) is 20.0 Å². The summed E-state index contributed by atoms with van der Waals surface area (Å²) in [5.41, 5.74) is 1.97. The van der Waals surface area contributed by atoms with Crippen LogP contribution in [0.2, 0.25) is 0 Å². The molecule has 6 heteroatoms. The number of aliphatic hydroxyl groups is 1. The average molecular weight is 249 g/mol. The molecule has 2 aromatic rings. The molecule has 0 fully saturated rings. The number of hydrogen-bond donors (Lipinski definition) is 3. The minimum atomic E-state index is -0.319. The topological polar surface area (TPSA) is 74.5 Å². The van der Waals surface area contributed by atoms with Crippen LogP contribution >= 0.6 is 0 Å². The number of aromatic nitrogens is 3. The molecule has 2 aromatic heterocycles. The fourth-order valence-corrected chi connectivity index (χ4v) is 1.69. The first kappa shape index (κ1) is 12.8. The molecule has 1 atom stereocenters. The number of fused-ring (bicyclic) bond motifs is 1. The van der Waals surface area contributed by atoms with Gasteiger partial charge in [0.15, 0.2) is 5.65 Å². The van der Waals surface area contributed by atoms with E-state index in [2.05, 4.69) is 20.7 Å². The van der Waals surface area contributed by atoms with Crippen molar-refractivity contribution in [1.82, 2.24) is 19.9 Å². The zero-order valence-corrected chi connectivity index (χ0v) is 10.7. The number of nitrogens with zero attached hydrogens (tertiary/aromatic N) is 3. The van der Waals surface area contributed by atoms with Crippen molar-refractivity contribution in [1.29, 1.82) is 0 Å². The summed E-state index contributed by atoms with van der Waals surface area (Å²) in [5, 5.41) is 19.7. The van der Waals surface area contributed by atoms with E-state index >= 15 is 0 Å². The van der Waals surface area contributed by atoms with Crippen LogP contribution in [0.5, 0.6) is 0 Å². The Morgan fingerprint density at radius 1 is 1.44 bits per heavy atom. The van der Waals surface area contributed by atoms with Gasteiger partial charge in [0.1, 0.15) is 0 Å². The zero-order valence-electron chi connectivity index (χ0n) is 10.7. The molecule has 0 aliphatic rings. The molecule has 18 heavy (non-hydrogen) atoms. The third kappa shape index (κ3) is 3.18. The lowest BCUT2D eigenvalue weighted by Gasteiger charge is -2.06. The predicted octanol–water partition coefficient (Wildman–Crippen LogP) is 0.420. The number of rotatable bonds is 6. The molecule has 0 amide bonds. The van der Waals surface area contributed by atoms with Crippen LogP contribution in [-0.2, 0) is 0 Å². The van der Waals surface area contributed by atoms with E-state index in [0.717, 1.165) is 24.3 Å². The molecule has 2 heterocycles. The largest absolute Gasteiger partial charge is 0.392 e. The van der Waals surface area contributed by atoms with Crippen LogP contribution < -0.4 is 10.6 Å². The lowest BCUT2D eigenvalue weighted by atomic mass is 10.3. The first-order valence-electron chi connectivity index (χ1n) is 6.11. The van der Waals surface area contributed by atoms with E-state index in [1.165, 1.54) is 0 Å². The van der Waals surface area contributed by atoms with Gasteiger partial charge < -0.3 is 15.7 Å².